The van der Waals surface area contributed by atoms with Crippen LogP contribution in [0.3, 0.4) is 0 Å². The van der Waals surface area contributed by atoms with Crippen LogP contribution in [0.25, 0.3) is 0 Å². The maximum absolute atomic E-state index is 12.4. The molecule has 1 fully saturated rings. The number of carbonyl (C=O) groups excluding carboxylic acids is 1. The first kappa shape index (κ1) is 15.3. The Morgan fingerprint density at radius 1 is 1.41 bits per heavy atom. The van der Waals surface area contributed by atoms with Crippen LogP contribution >= 0.6 is 0 Å². The number of hydrogen-bond donors (Lipinski definition) is 1. The van der Waals surface area contributed by atoms with Gasteiger partial charge in [0.2, 0.25) is 0 Å². The summed E-state index contributed by atoms with van der Waals surface area (Å²) in [6.07, 6.45) is 7.14. The number of hydrogen-bond acceptors (Lipinski definition) is 4. The second kappa shape index (κ2) is 7.09. The quantitative estimate of drug-likeness (QED) is 0.904. The molecule has 5 heteroatoms. The van der Waals surface area contributed by atoms with Crippen LogP contribution in [0.4, 0.5) is 0 Å². The average Bonchev–Trinajstić information content (AvgIpc) is 3.06. The molecule has 1 unspecified atom stereocenters. The molecule has 2 aliphatic rings. The maximum Gasteiger partial charge on any atom is 0.270 e. The number of ether oxygens (including phenoxy) is 1. The smallest absolute Gasteiger partial charge is 0.270 e. The minimum absolute atomic E-state index is 0.0700. The van der Waals surface area contributed by atoms with Crippen LogP contribution in [0.2, 0.25) is 0 Å². The fourth-order valence-electron chi connectivity index (χ4n) is 3.19. The minimum atomic E-state index is -0.0700. The van der Waals surface area contributed by atoms with E-state index in [-0.39, 0.29) is 11.9 Å². The van der Waals surface area contributed by atoms with Crippen molar-refractivity contribution in [2.45, 2.75) is 45.1 Å². The van der Waals surface area contributed by atoms with Gasteiger partial charge in [-0.25, -0.2) is 4.98 Å². The summed E-state index contributed by atoms with van der Waals surface area (Å²) in [6.45, 7) is 6.11. The third-order valence-corrected chi connectivity index (χ3v) is 4.53. The Bertz CT molecular complexity index is 527. The number of amides is 1. The minimum Gasteiger partial charge on any atom is -0.492 e. The van der Waals surface area contributed by atoms with Gasteiger partial charge in [0.15, 0.2) is 0 Å². The Morgan fingerprint density at radius 3 is 3.00 bits per heavy atom. The number of nitrogens with zero attached hydrogens (tertiary/aromatic N) is 2. The molecule has 120 valence electrons. The first-order valence-corrected chi connectivity index (χ1v) is 8.41. The highest BCUT2D eigenvalue weighted by Crippen LogP contribution is 2.24. The zero-order valence-electron chi connectivity index (χ0n) is 13.3. The van der Waals surface area contributed by atoms with Gasteiger partial charge >= 0.3 is 0 Å². The van der Waals surface area contributed by atoms with Crippen LogP contribution in [-0.4, -0.2) is 48.1 Å². The van der Waals surface area contributed by atoms with Crippen LogP contribution in [0.15, 0.2) is 12.3 Å². The summed E-state index contributed by atoms with van der Waals surface area (Å²) >= 11 is 0. The number of aryl methyl sites for hydroxylation is 1. The lowest BCUT2D eigenvalue weighted by atomic mass is 10.1. The first-order chi connectivity index (χ1) is 10.8. The van der Waals surface area contributed by atoms with E-state index in [1.807, 2.05) is 6.07 Å². The molecule has 1 amide bonds. The molecule has 0 saturated carbocycles. The van der Waals surface area contributed by atoms with Gasteiger partial charge in [0, 0.05) is 12.6 Å². The fraction of sp³-hybridized carbons (Fsp3) is 0.647. The third-order valence-electron chi connectivity index (χ3n) is 4.53. The highest BCUT2D eigenvalue weighted by Gasteiger charge is 2.20. The predicted molar refractivity (Wildman–Crippen MR) is 85.3 cm³/mol. The van der Waals surface area contributed by atoms with Crippen molar-refractivity contribution in [3.05, 3.63) is 23.5 Å². The van der Waals surface area contributed by atoms with Gasteiger partial charge in [0.25, 0.3) is 5.91 Å². The van der Waals surface area contributed by atoms with Gasteiger partial charge in [-0.2, -0.15) is 0 Å². The van der Waals surface area contributed by atoms with E-state index in [2.05, 4.69) is 22.1 Å². The summed E-state index contributed by atoms with van der Waals surface area (Å²) in [7, 11) is 0. The van der Waals surface area contributed by atoms with Crippen molar-refractivity contribution in [1.29, 1.82) is 0 Å². The van der Waals surface area contributed by atoms with Gasteiger partial charge in [0.05, 0.1) is 12.8 Å². The van der Waals surface area contributed by atoms with Gasteiger partial charge in [-0.1, -0.05) is 6.92 Å². The van der Waals surface area contributed by atoms with E-state index in [0.717, 1.165) is 56.8 Å². The first-order valence-electron chi connectivity index (χ1n) is 8.41. The number of rotatable bonds is 5. The molecule has 0 radical (unpaired) electrons. The topological polar surface area (TPSA) is 54.5 Å². The summed E-state index contributed by atoms with van der Waals surface area (Å²) < 4.78 is 5.55. The van der Waals surface area contributed by atoms with Crippen LogP contribution in [0, 0.1) is 0 Å². The SMILES string of the molecule is CCC(CN1CCCC1)NC(=O)c1cc2c(cn1)OCCC2. The lowest BCUT2D eigenvalue weighted by Gasteiger charge is -2.23. The molecule has 3 heterocycles. The van der Waals surface area contributed by atoms with Gasteiger partial charge in [0.1, 0.15) is 11.4 Å². The highest BCUT2D eigenvalue weighted by atomic mass is 16.5. The van der Waals surface area contributed by atoms with Crippen LogP contribution < -0.4 is 10.1 Å². The van der Waals surface area contributed by atoms with Crippen LogP contribution in [-0.2, 0) is 6.42 Å². The highest BCUT2D eigenvalue weighted by molar-refractivity contribution is 5.92. The molecule has 0 spiro atoms. The molecule has 1 aromatic heterocycles. The maximum atomic E-state index is 12.4. The summed E-state index contributed by atoms with van der Waals surface area (Å²) in [4.78, 5) is 19.1. The van der Waals surface area contributed by atoms with Crippen molar-refractivity contribution in [3.8, 4) is 5.75 Å². The predicted octanol–water partition coefficient (Wildman–Crippen LogP) is 2.01. The lowest BCUT2D eigenvalue weighted by molar-refractivity contribution is 0.0921. The monoisotopic (exact) mass is 303 g/mol. The summed E-state index contributed by atoms with van der Waals surface area (Å²) in [6, 6.07) is 2.08. The zero-order valence-corrected chi connectivity index (χ0v) is 13.3. The van der Waals surface area contributed by atoms with Crippen molar-refractivity contribution in [2.24, 2.45) is 0 Å². The third kappa shape index (κ3) is 3.58. The van der Waals surface area contributed by atoms with E-state index in [1.54, 1.807) is 6.20 Å². The summed E-state index contributed by atoms with van der Waals surface area (Å²) in [5.41, 5.74) is 1.60. The van der Waals surface area contributed by atoms with E-state index in [1.165, 1.54) is 12.8 Å². The number of pyridine rings is 1. The largest absolute Gasteiger partial charge is 0.492 e. The summed E-state index contributed by atoms with van der Waals surface area (Å²) in [5.74, 6) is 0.756. The molecule has 2 aliphatic heterocycles. The Kier molecular flexibility index (Phi) is 4.93. The Balaban J connectivity index is 1.62. The van der Waals surface area contributed by atoms with Crippen molar-refractivity contribution >= 4 is 5.91 Å². The molecule has 22 heavy (non-hydrogen) atoms. The van der Waals surface area contributed by atoms with Gasteiger partial charge < -0.3 is 15.0 Å². The number of likely N-dealkylation sites (tertiary alicyclic amines) is 1. The Labute approximate surface area is 132 Å². The van der Waals surface area contributed by atoms with E-state index >= 15 is 0 Å². The van der Waals surface area contributed by atoms with Crippen LogP contribution in [0.1, 0.15) is 48.7 Å². The molecular weight excluding hydrogens is 278 g/mol. The van der Waals surface area contributed by atoms with Gasteiger partial charge in [-0.3, -0.25) is 4.79 Å². The van der Waals surface area contributed by atoms with Gasteiger partial charge in [-0.05, 0) is 56.8 Å². The molecule has 1 saturated heterocycles. The number of aromatic nitrogens is 1. The molecule has 1 aromatic rings. The average molecular weight is 303 g/mol. The normalized spacial score (nSPS) is 19.3. The van der Waals surface area contributed by atoms with Gasteiger partial charge in [-0.15, -0.1) is 0 Å². The van der Waals surface area contributed by atoms with Crippen molar-refractivity contribution < 1.29 is 9.53 Å². The standard InChI is InChI=1S/C17H25N3O2/c1-2-14(12-20-7-3-4-8-20)19-17(21)15-10-13-6-5-9-22-16(13)11-18-15/h10-11,14H,2-9,12H2,1H3,(H,19,21). The number of carbonyl (C=O) groups is 1. The fourth-order valence-corrected chi connectivity index (χ4v) is 3.19. The second-order valence-corrected chi connectivity index (χ2v) is 6.22. The van der Waals surface area contributed by atoms with Crippen molar-refractivity contribution in [1.82, 2.24) is 15.2 Å². The number of nitrogens with one attached hydrogen (secondary N) is 1. The molecular formula is C17H25N3O2. The molecule has 0 aromatic carbocycles. The molecule has 1 atom stereocenters. The zero-order chi connectivity index (χ0) is 15.4. The van der Waals surface area contributed by atoms with E-state index in [0.29, 0.717) is 5.69 Å². The summed E-state index contributed by atoms with van der Waals surface area (Å²) in [5, 5.41) is 3.13. The molecule has 5 nitrogen and oxygen atoms in total. The molecule has 0 bridgehead atoms. The van der Waals surface area contributed by atoms with Crippen LogP contribution in [0.5, 0.6) is 5.75 Å². The van der Waals surface area contributed by atoms with E-state index < -0.39 is 0 Å². The molecule has 0 aliphatic carbocycles. The Morgan fingerprint density at radius 2 is 2.23 bits per heavy atom. The lowest BCUT2D eigenvalue weighted by Crippen LogP contribution is -2.42. The number of fused-ring (bicyclic) bond motifs is 1. The van der Waals surface area contributed by atoms with E-state index in [9.17, 15) is 4.79 Å². The molecule has 1 N–H and O–H groups in total. The molecule has 3 rings (SSSR count). The van der Waals surface area contributed by atoms with Crippen molar-refractivity contribution in [2.75, 3.05) is 26.2 Å². The van der Waals surface area contributed by atoms with Crippen molar-refractivity contribution in [3.63, 3.8) is 0 Å². The second-order valence-electron chi connectivity index (χ2n) is 6.22. The Hall–Kier alpha value is -1.62. The van der Waals surface area contributed by atoms with E-state index in [4.69, 9.17) is 4.74 Å².